The van der Waals surface area contributed by atoms with Crippen molar-refractivity contribution in [3.05, 3.63) is 82.4 Å². The van der Waals surface area contributed by atoms with Crippen molar-refractivity contribution in [1.29, 1.82) is 0 Å². The van der Waals surface area contributed by atoms with Crippen LogP contribution in [0.1, 0.15) is 27.3 Å². The molecule has 0 bridgehead atoms. The second-order valence-corrected chi connectivity index (χ2v) is 7.24. The lowest BCUT2D eigenvalue weighted by Gasteiger charge is -2.17. The third-order valence-corrected chi connectivity index (χ3v) is 5.11. The van der Waals surface area contributed by atoms with Crippen LogP contribution in [-0.4, -0.2) is 28.3 Å². The van der Waals surface area contributed by atoms with Gasteiger partial charge in [0.25, 0.3) is 5.91 Å². The summed E-state index contributed by atoms with van der Waals surface area (Å²) in [6.07, 6.45) is 2.68. The molecule has 0 radical (unpaired) electrons. The summed E-state index contributed by atoms with van der Waals surface area (Å²) in [5.41, 5.74) is 4.37. The van der Waals surface area contributed by atoms with Crippen LogP contribution in [0.4, 0.5) is 11.4 Å². The van der Waals surface area contributed by atoms with Crippen LogP contribution >= 0.6 is 11.6 Å². The van der Waals surface area contributed by atoms with Crippen LogP contribution < -0.4 is 10.2 Å². The Morgan fingerprint density at radius 3 is 2.79 bits per heavy atom. The molecule has 0 spiro atoms. The van der Waals surface area contributed by atoms with Crippen molar-refractivity contribution < 1.29 is 9.59 Å². The fourth-order valence-electron chi connectivity index (χ4n) is 3.38. The molecule has 146 valence electrons. The molecular formula is C22H19ClN4O2. The summed E-state index contributed by atoms with van der Waals surface area (Å²) in [5.74, 6) is -0.305. The molecule has 2 amide bonds. The number of pyridine rings is 2. The van der Waals surface area contributed by atoms with Gasteiger partial charge < -0.3 is 10.2 Å². The van der Waals surface area contributed by atoms with Crippen LogP contribution in [-0.2, 0) is 17.6 Å². The minimum Gasteiger partial charge on any atom is -0.322 e. The average molecular weight is 407 g/mol. The average Bonchev–Trinajstić information content (AvgIpc) is 3.12. The van der Waals surface area contributed by atoms with Gasteiger partial charge in [0.15, 0.2) is 0 Å². The van der Waals surface area contributed by atoms with Crippen molar-refractivity contribution in [2.75, 3.05) is 16.8 Å². The Bertz CT molecular complexity index is 1090. The molecule has 29 heavy (non-hydrogen) atoms. The number of aromatic nitrogens is 2. The molecule has 0 saturated heterocycles. The number of nitrogens with one attached hydrogen (secondary N) is 1. The van der Waals surface area contributed by atoms with Gasteiger partial charge in [-0.1, -0.05) is 17.7 Å². The molecule has 0 aliphatic carbocycles. The van der Waals surface area contributed by atoms with E-state index in [1.54, 1.807) is 29.3 Å². The topological polar surface area (TPSA) is 75.2 Å². The number of carbonyl (C=O) groups is 2. The van der Waals surface area contributed by atoms with E-state index in [1.165, 1.54) is 0 Å². The SMILES string of the molecule is Cc1ccc(C(=O)Nc2ccc3c(c2)CCN3C(=O)Cc2ccccn2)c(Cl)n1. The number of aryl methyl sites for hydroxylation is 1. The van der Waals surface area contributed by atoms with E-state index in [2.05, 4.69) is 15.3 Å². The smallest absolute Gasteiger partial charge is 0.258 e. The minimum atomic E-state index is -0.316. The Morgan fingerprint density at radius 1 is 1.17 bits per heavy atom. The van der Waals surface area contributed by atoms with Crippen molar-refractivity contribution >= 4 is 34.8 Å². The molecule has 0 atom stereocenters. The number of carbonyl (C=O) groups excluding carboxylic acids is 2. The number of rotatable bonds is 4. The molecule has 1 aliphatic rings. The molecule has 2 aromatic heterocycles. The minimum absolute atomic E-state index is 0.0109. The van der Waals surface area contributed by atoms with Gasteiger partial charge in [0.1, 0.15) is 5.15 Å². The lowest BCUT2D eigenvalue weighted by molar-refractivity contribution is -0.117. The van der Waals surface area contributed by atoms with Gasteiger partial charge in [-0.3, -0.25) is 14.6 Å². The van der Waals surface area contributed by atoms with Crippen molar-refractivity contribution in [2.24, 2.45) is 0 Å². The molecule has 3 heterocycles. The number of benzene rings is 1. The standard InChI is InChI=1S/C22H19ClN4O2/c1-14-5-7-18(21(23)25-14)22(29)26-17-6-8-19-15(12-17)9-11-27(19)20(28)13-16-4-2-3-10-24-16/h2-8,10,12H,9,11,13H2,1H3,(H,26,29). The molecule has 3 aromatic rings. The third kappa shape index (κ3) is 4.12. The summed E-state index contributed by atoms with van der Waals surface area (Å²) >= 11 is 6.08. The maximum absolute atomic E-state index is 12.7. The van der Waals surface area contributed by atoms with Gasteiger partial charge in [0, 0.05) is 35.5 Å². The lowest BCUT2D eigenvalue weighted by Crippen LogP contribution is -2.30. The molecule has 0 saturated carbocycles. The molecule has 1 aliphatic heterocycles. The third-order valence-electron chi connectivity index (χ3n) is 4.83. The van der Waals surface area contributed by atoms with Gasteiger partial charge in [-0.05, 0) is 61.4 Å². The summed E-state index contributed by atoms with van der Waals surface area (Å²) in [6, 6.07) is 14.5. The van der Waals surface area contributed by atoms with Crippen LogP contribution in [0.3, 0.4) is 0 Å². The number of fused-ring (bicyclic) bond motifs is 1. The Balaban J connectivity index is 1.48. The van der Waals surface area contributed by atoms with Gasteiger partial charge in [-0.15, -0.1) is 0 Å². The van der Waals surface area contributed by atoms with E-state index in [4.69, 9.17) is 11.6 Å². The van der Waals surface area contributed by atoms with Crippen LogP contribution in [0.15, 0.2) is 54.7 Å². The van der Waals surface area contributed by atoms with E-state index in [1.807, 2.05) is 37.3 Å². The van der Waals surface area contributed by atoms with Crippen molar-refractivity contribution in [3.63, 3.8) is 0 Å². The van der Waals surface area contributed by atoms with E-state index in [9.17, 15) is 9.59 Å². The second-order valence-electron chi connectivity index (χ2n) is 6.88. The van der Waals surface area contributed by atoms with Gasteiger partial charge in [0.2, 0.25) is 5.91 Å². The fourth-order valence-corrected chi connectivity index (χ4v) is 3.67. The Morgan fingerprint density at radius 2 is 2.03 bits per heavy atom. The lowest BCUT2D eigenvalue weighted by atomic mass is 10.1. The van der Waals surface area contributed by atoms with E-state index in [0.29, 0.717) is 17.8 Å². The highest BCUT2D eigenvalue weighted by molar-refractivity contribution is 6.33. The number of amides is 2. The second kappa shape index (κ2) is 8.01. The van der Waals surface area contributed by atoms with E-state index >= 15 is 0 Å². The normalized spacial score (nSPS) is 12.6. The zero-order chi connectivity index (χ0) is 20.4. The van der Waals surface area contributed by atoms with E-state index in [-0.39, 0.29) is 23.4 Å². The van der Waals surface area contributed by atoms with Crippen molar-refractivity contribution in [3.8, 4) is 0 Å². The fraction of sp³-hybridized carbons (Fsp3) is 0.182. The monoisotopic (exact) mass is 406 g/mol. The highest BCUT2D eigenvalue weighted by Gasteiger charge is 2.25. The van der Waals surface area contributed by atoms with Crippen molar-refractivity contribution in [2.45, 2.75) is 19.8 Å². The Hall–Kier alpha value is -3.25. The van der Waals surface area contributed by atoms with E-state index in [0.717, 1.165) is 29.1 Å². The number of hydrogen-bond donors (Lipinski definition) is 1. The quantitative estimate of drug-likeness (QED) is 0.668. The Labute approximate surface area is 173 Å². The first-order chi connectivity index (χ1) is 14.0. The molecular weight excluding hydrogens is 388 g/mol. The van der Waals surface area contributed by atoms with Crippen LogP contribution in [0, 0.1) is 6.92 Å². The first kappa shape index (κ1) is 19.1. The molecule has 7 heteroatoms. The number of hydrogen-bond acceptors (Lipinski definition) is 4. The molecule has 1 aromatic carbocycles. The molecule has 0 fully saturated rings. The van der Waals surface area contributed by atoms with Crippen LogP contribution in [0.5, 0.6) is 0 Å². The first-order valence-electron chi connectivity index (χ1n) is 9.29. The number of nitrogens with zero attached hydrogens (tertiary/aromatic N) is 3. The molecule has 6 nitrogen and oxygen atoms in total. The predicted molar refractivity (Wildman–Crippen MR) is 112 cm³/mol. The summed E-state index contributed by atoms with van der Waals surface area (Å²) in [5, 5.41) is 3.03. The predicted octanol–water partition coefficient (Wildman–Crippen LogP) is 3.82. The number of halogens is 1. The van der Waals surface area contributed by atoms with E-state index < -0.39 is 0 Å². The Kier molecular flexibility index (Phi) is 5.27. The highest BCUT2D eigenvalue weighted by atomic mass is 35.5. The largest absolute Gasteiger partial charge is 0.322 e. The summed E-state index contributed by atoms with van der Waals surface area (Å²) in [6.45, 7) is 2.43. The van der Waals surface area contributed by atoms with Gasteiger partial charge in [0.05, 0.1) is 12.0 Å². The maximum Gasteiger partial charge on any atom is 0.258 e. The van der Waals surface area contributed by atoms with Crippen molar-refractivity contribution in [1.82, 2.24) is 9.97 Å². The highest BCUT2D eigenvalue weighted by Crippen LogP contribution is 2.31. The zero-order valence-electron chi connectivity index (χ0n) is 15.9. The van der Waals surface area contributed by atoms with Crippen LogP contribution in [0.25, 0.3) is 0 Å². The molecule has 0 unspecified atom stereocenters. The van der Waals surface area contributed by atoms with Gasteiger partial charge in [-0.2, -0.15) is 0 Å². The summed E-state index contributed by atoms with van der Waals surface area (Å²) in [7, 11) is 0. The first-order valence-corrected chi connectivity index (χ1v) is 9.67. The molecule has 4 rings (SSSR count). The zero-order valence-corrected chi connectivity index (χ0v) is 16.6. The maximum atomic E-state index is 12.7. The number of anilines is 2. The van der Waals surface area contributed by atoms with Gasteiger partial charge in [-0.25, -0.2) is 4.98 Å². The summed E-state index contributed by atoms with van der Waals surface area (Å²) < 4.78 is 0. The summed E-state index contributed by atoms with van der Waals surface area (Å²) in [4.78, 5) is 35.3. The molecule has 1 N–H and O–H groups in total. The van der Waals surface area contributed by atoms with Gasteiger partial charge >= 0.3 is 0 Å². The van der Waals surface area contributed by atoms with Crippen LogP contribution in [0.2, 0.25) is 5.15 Å².